The molecular formula is C29H35IO. The lowest BCUT2D eigenvalue weighted by molar-refractivity contribution is 0.411. The minimum absolute atomic E-state index is 0.392. The molecule has 0 aliphatic carbocycles. The van der Waals surface area contributed by atoms with Crippen LogP contribution in [0.3, 0.4) is 0 Å². The first-order chi connectivity index (χ1) is 14.7. The summed E-state index contributed by atoms with van der Waals surface area (Å²) in [6, 6.07) is 17.9. The summed E-state index contributed by atoms with van der Waals surface area (Å²) >= 11 is 2.46. The van der Waals surface area contributed by atoms with Crippen molar-refractivity contribution in [2.45, 2.75) is 66.2 Å². The van der Waals surface area contributed by atoms with Gasteiger partial charge in [-0.3, -0.25) is 0 Å². The number of hydrogen-bond acceptors (Lipinski definition) is 1. The van der Waals surface area contributed by atoms with Crippen molar-refractivity contribution in [3.8, 4) is 28.0 Å². The fourth-order valence-electron chi connectivity index (χ4n) is 4.53. The molecule has 0 heterocycles. The van der Waals surface area contributed by atoms with Crippen LogP contribution in [0.4, 0.5) is 0 Å². The monoisotopic (exact) mass is 526 g/mol. The standard InChI is InChI=1S/C29H35IO/c1-17(2)22-16-23(18(3)4)28(24-14-20(7)15-25(31-8)29(24)30)26(19(5)6)27(22)21-12-10-9-11-13-21/h9-19H,1-8H3. The zero-order chi connectivity index (χ0) is 22.9. The van der Waals surface area contributed by atoms with E-state index in [1.165, 1.54) is 48.1 Å². The molecule has 0 saturated heterocycles. The summed E-state index contributed by atoms with van der Waals surface area (Å²) in [5, 5.41) is 0. The number of hydrogen-bond donors (Lipinski definition) is 0. The summed E-state index contributed by atoms with van der Waals surface area (Å²) in [5.41, 5.74) is 10.9. The molecule has 0 saturated carbocycles. The Balaban J connectivity index is 2.56. The summed E-state index contributed by atoms with van der Waals surface area (Å²) in [4.78, 5) is 0. The minimum atomic E-state index is 0.392. The van der Waals surface area contributed by atoms with Gasteiger partial charge in [-0.1, -0.05) is 84.0 Å². The van der Waals surface area contributed by atoms with Gasteiger partial charge in [0.05, 0.1) is 10.7 Å². The lowest BCUT2D eigenvalue weighted by Crippen LogP contribution is -2.08. The van der Waals surface area contributed by atoms with Crippen LogP contribution in [0, 0.1) is 10.5 Å². The molecule has 0 fully saturated rings. The molecule has 2 heteroatoms. The van der Waals surface area contributed by atoms with E-state index in [2.05, 4.69) is 120 Å². The van der Waals surface area contributed by atoms with Gasteiger partial charge in [0.2, 0.25) is 0 Å². The van der Waals surface area contributed by atoms with Crippen molar-refractivity contribution in [2.75, 3.05) is 7.11 Å². The average Bonchev–Trinajstić information content (AvgIpc) is 2.73. The van der Waals surface area contributed by atoms with Gasteiger partial charge in [-0.2, -0.15) is 0 Å². The van der Waals surface area contributed by atoms with Crippen LogP contribution in [-0.2, 0) is 0 Å². The van der Waals surface area contributed by atoms with E-state index < -0.39 is 0 Å². The summed E-state index contributed by atoms with van der Waals surface area (Å²) < 4.78 is 6.94. The highest BCUT2D eigenvalue weighted by atomic mass is 127. The highest BCUT2D eigenvalue weighted by molar-refractivity contribution is 14.1. The minimum Gasteiger partial charge on any atom is -0.496 e. The van der Waals surface area contributed by atoms with Crippen molar-refractivity contribution in [1.82, 2.24) is 0 Å². The van der Waals surface area contributed by atoms with Gasteiger partial charge in [0, 0.05) is 0 Å². The van der Waals surface area contributed by atoms with Gasteiger partial charge in [-0.25, -0.2) is 0 Å². The van der Waals surface area contributed by atoms with Crippen molar-refractivity contribution >= 4 is 22.6 Å². The molecule has 3 aromatic rings. The zero-order valence-electron chi connectivity index (χ0n) is 20.1. The number of aryl methyl sites for hydroxylation is 1. The van der Waals surface area contributed by atoms with E-state index in [0.29, 0.717) is 17.8 Å². The molecule has 0 bridgehead atoms. The number of benzene rings is 3. The third-order valence-electron chi connectivity index (χ3n) is 5.98. The van der Waals surface area contributed by atoms with Crippen molar-refractivity contribution in [2.24, 2.45) is 0 Å². The molecule has 1 nitrogen and oxygen atoms in total. The van der Waals surface area contributed by atoms with Gasteiger partial charge in [0.15, 0.2) is 0 Å². The van der Waals surface area contributed by atoms with Crippen molar-refractivity contribution in [3.05, 3.63) is 74.4 Å². The first-order valence-electron chi connectivity index (χ1n) is 11.3. The van der Waals surface area contributed by atoms with Crippen LogP contribution in [0.25, 0.3) is 22.3 Å². The Labute approximate surface area is 202 Å². The van der Waals surface area contributed by atoms with E-state index in [1.807, 2.05) is 0 Å². The van der Waals surface area contributed by atoms with Gasteiger partial charge in [0.1, 0.15) is 5.75 Å². The third-order valence-corrected chi connectivity index (χ3v) is 7.10. The molecule has 0 unspecified atom stereocenters. The van der Waals surface area contributed by atoms with E-state index >= 15 is 0 Å². The first-order valence-corrected chi connectivity index (χ1v) is 12.4. The number of rotatable bonds is 6. The lowest BCUT2D eigenvalue weighted by atomic mass is 9.76. The van der Waals surface area contributed by atoms with E-state index in [-0.39, 0.29) is 0 Å². The molecule has 0 aliphatic heterocycles. The Hall–Kier alpha value is -1.81. The molecule has 0 atom stereocenters. The molecule has 164 valence electrons. The molecule has 0 radical (unpaired) electrons. The van der Waals surface area contributed by atoms with Crippen LogP contribution in [0.2, 0.25) is 0 Å². The average molecular weight is 527 g/mol. The molecule has 0 spiro atoms. The fraction of sp³-hybridized carbons (Fsp3) is 0.379. The van der Waals surface area contributed by atoms with Gasteiger partial charge >= 0.3 is 0 Å². The Kier molecular flexibility index (Phi) is 7.51. The quantitative estimate of drug-likeness (QED) is 0.291. The smallest absolute Gasteiger partial charge is 0.133 e. The van der Waals surface area contributed by atoms with Gasteiger partial charge < -0.3 is 4.74 Å². The van der Waals surface area contributed by atoms with Gasteiger partial charge in [-0.05, 0) is 97.8 Å². The van der Waals surface area contributed by atoms with Crippen LogP contribution < -0.4 is 4.74 Å². The maximum atomic E-state index is 5.76. The van der Waals surface area contributed by atoms with Crippen molar-refractivity contribution in [1.29, 1.82) is 0 Å². The zero-order valence-corrected chi connectivity index (χ0v) is 22.3. The van der Waals surface area contributed by atoms with Crippen LogP contribution in [0.1, 0.15) is 81.5 Å². The van der Waals surface area contributed by atoms with E-state index in [0.717, 1.165) is 5.75 Å². The third kappa shape index (κ3) is 4.69. The maximum Gasteiger partial charge on any atom is 0.133 e. The summed E-state index contributed by atoms with van der Waals surface area (Å²) in [7, 11) is 1.77. The van der Waals surface area contributed by atoms with E-state index in [1.54, 1.807) is 7.11 Å². The van der Waals surface area contributed by atoms with Crippen LogP contribution >= 0.6 is 22.6 Å². The summed E-state index contributed by atoms with van der Waals surface area (Å²) in [6.45, 7) is 16.1. The Morgan fingerprint density at radius 1 is 0.742 bits per heavy atom. The highest BCUT2D eigenvalue weighted by Crippen LogP contribution is 2.48. The van der Waals surface area contributed by atoms with Crippen LogP contribution in [0.15, 0.2) is 48.5 Å². The lowest BCUT2D eigenvalue weighted by Gasteiger charge is -2.29. The molecule has 31 heavy (non-hydrogen) atoms. The van der Waals surface area contributed by atoms with Gasteiger partial charge in [-0.15, -0.1) is 0 Å². The van der Waals surface area contributed by atoms with Crippen LogP contribution in [0.5, 0.6) is 5.75 Å². The number of methoxy groups -OCH3 is 1. The molecule has 3 rings (SSSR count). The molecular weight excluding hydrogens is 491 g/mol. The molecule has 0 aliphatic rings. The molecule has 0 aromatic heterocycles. The maximum absolute atomic E-state index is 5.76. The largest absolute Gasteiger partial charge is 0.496 e. The highest BCUT2D eigenvalue weighted by Gasteiger charge is 2.26. The summed E-state index contributed by atoms with van der Waals surface area (Å²) in [6.07, 6.45) is 0. The van der Waals surface area contributed by atoms with E-state index in [9.17, 15) is 0 Å². The van der Waals surface area contributed by atoms with Gasteiger partial charge in [0.25, 0.3) is 0 Å². The predicted octanol–water partition coefficient (Wildman–Crippen LogP) is 9.31. The van der Waals surface area contributed by atoms with Crippen molar-refractivity contribution < 1.29 is 4.74 Å². The number of ether oxygens (including phenoxy) is 1. The topological polar surface area (TPSA) is 9.23 Å². The molecule has 0 N–H and O–H groups in total. The van der Waals surface area contributed by atoms with Crippen LogP contribution in [-0.4, -0.2) is 7.11 Å². The van der Waals surface area contributed by atoms with E-state index in [4.69, 9.17) is 4.74 Å². The second-order valence-electron chi connectivity index (χ2n) is 9.38. The first kappa shape index (κ1) is 23.8. The molecule has 0 amide bonds. The second kappa shape index (κ2) is 9.77. The number of halogens is 1. The summed E-state index contributed by atoms with van der Waals surface area (Å²) in [5.74, 6) is 2.22. The predicted molar refractivity (Wildman–Crippen MR) is 144 cm³/mol. The normalized spacial score (nSPS) is 11.6. The molecule has 3 aromatic carbocycles. The Bertz CT molecular complexity index is 1060. The Morgan fingerprint density at radius 3 is 1.84 bits per heavy atom. The second-order valence-corrected chi connectivity index (χ2v) is 10.5. The fourth-order valence-corrected chi connectivity index (χ4v) is 5.33. The van der Waals surface area contributed by atoms with Crippen molar-refractivity contribution in [3.63, 3.8) is 0 Å². The SMILES string of the molecule is COc1cc(C)cc(-c2c(C(C)C)cc(C(C)C)c(-c3ccccc3)c2C(C)C)c1I. The Morgan fingerprint density at radius 2 is 1.32 bits per heavy atom.